The highest BCUT2D eigenvalue weighted by atomic mass is 35.5. The van der Waals surface area contributed by atoms with Crippen LogP contribution in [0.1, 0.15) is 37.7 Å². The molecule has 21 heavy (non-hydrogen) atoms. The van der Waals surface area contributed by atoms with Gasteiger partial charge in [0.1, 0.15) is 5.75 Å². The van der Waals surface area contributed by atoms with E-state index < -0.39 is 0 Å². The number of nitrogens with one attached hydrogen (secondary N) is 1. The Morgan fingerprint density at radius 3 is 2.57 bits per heavy atom. The van der Waals surface area contributed by atoms with E-state index in [2.05, 4.69) is 23.7 Å². The highest BCUT2D eigenvalue weighted by molar-refractivity contribution is 6.32. The van der Waals surface area contributed by atoms with Gasteiger partial charge < -0.3 is 15.3 Å². The summed E-state index contributed by atoms with van der Waals surface area (Å²) in [7, 11) is 0. The molecule has 0 amide bonds. The predicted molar refractivity (Wildman–Crippen MR) is 88.9 cm³/mol. The lowest BCUT2D eigenvalue weighted by atomic mass is 9.93. The van der Waals surface area contributed by atoms with Gasteiger partial charge in [0.2, 0.25) is 0 Å². The average molecular weight is 309 g/mol. The molecule has 1 aromatic rings. The quantitative estimate of drug-likeness (QED) is 0.873. The van der Waals surface area contributed by atoms with Crippen molar-refractivity contribution in [3.05, 3.63) is 41.6 Å². The fourth-order valence-electron chi connectivity index (χ4n) is 2.99. The topological polar surface area (TPSA) is 35.5 Å². The number of benzene rings is 1. The van der Waals surface area contributed by atoms with Gasteiger partial charge in [-0.15, -0.1) is 0 Å². The minimum absolute atomic E-state index is 0.161. The van der Waals surface area contributed by atoms with E-state index in [1.54, 1.807) is 6.07 Å². The van der Waals surface area contributed by atoms with Crippen molar-refractivity contribution in [2.24, 2.45) is 0 Å². The molecule has 0 aromatic heterocycles. The molecule has 2 saturated heterocycles. The van der Waals surface area contributed by atoms with E-state index in [1.807, 2.05) is 18.3 Å². The molecule has 1 aromatic carbocycles. The second-order valence-corrected chi connectivity index (χ2v) is 6.18. The number of hydrogen-bond acceptors (Lipinski definition) is 3. The van der Waals surface area contributed by atoms with Crippen LogP contribution >= 0.6 is 11.6 Å². The molecule has 0 saturated carbocycles. The van der Waals surface area contributed by atoms with Gasteiger partial charge in [-0.05, 0) is 56.6 Å². The standard InChI is InChI=1S/C11H14ClNO.C6H11N/c1-7-9(4-5-13-7)8-2-3-11(14)10(12)6-8;1-2-7-5-3-4-6-7/h2-3,6-7,9,13-14H,4-5H2,1H3;2H,1,3-6H2. The van der Waals surface area contributed by atoms with Crippen LogP contribution in [0.2, 0.25) is 5.02 Å². The summed E-state index contributed by atoms with van der Waals surface area (Å²) in [6.07, 6.45) is 5.77. The second-order valence-electron chi connectivity index (χ2n) is 5.77. The highest BCUT2D eigenvalue weighted by Gasteiger charge is 2.24. The van der Waals surface area contributed by atoms with Crippen molar-refractivity contribution >= 4 is 11.6 Å². The fraction of sp³-hybridized carbons (Fsp3) is 0.529. The smallest absolute Gasteiger partial charge is 0.134 e. The highest BCUT2D eigenvalue weighted by Crippen LogP contribution is 2.32. The van der Waals surface area contributed by atoms with Gasteiger partial charge in [0.15, 0.2) is 0 Å². The van der Waals surface area contributed by atoms with E-state index in [4.69, 9.17) is 11.6 Å². The van der Waals surface area contributed by atoms with Gasteiger partial charge >= 0.3 is 0 Å². The Labute approximate surface area is 132 Å². The van der Waals surface area contributed by atoms with Gasteiger partial charge in [-0.3, -0.25) is 0 Å². The second kappa shape index (κ2) is 7.71. The maximum atomic E-state index is 9.30. The van der Waals surface area contributed by atoms with Gasteiger partial charge in [0.05, 0.1) is 5.02 Å². The molecule has 0 aliphatic carbocycles. The van der Waals surface area contributed by atoms with E-state index in [9.17, 15) is 5.11 Å². The Hall–Kier alpha value is -1.19. The Kier molecular flexibility index (Phi) is 5.95. The van der Waals surface area contributed by atoms with Gasteiger partial charge in [0, 0.05) is 25.0 Å². The predicted octanol–water partition coefficient (Wildman–Crippen LogP) is 3.74. The zero-order chi connectivity index (χ0) is 15.2. The van der Waals surface area contributed by atoms with Crippen LogP contribution in [-0.4, -0.2) is 35.7 Å². The number of halogens is 1. The molecule has 3 nitrogen and oxygen atoms in total. The molecule has 2 fully saturated rings. The molecule has 2 aliphatic heterocycles. The zero-order valence-corrected chi connectivity index (χ0v) is 13.4. The first-order chi connectivity index (χ1) is 10.1. The maximum Gasteiger partial charge on any atom is 0.134 e. The third kappa shape index (κ3) is 4.39. The molecular weight excluding hydrogens is 284 g/mol. The summed E-state index contributed by atoms with van der Waals surface area (Å²) in [6.45, 7) is 9.36. The van der Waals surface area contributed by atoms with Crippen LogP contribution in [0.3, 0.4) is 0 Å². The summed E-state index contributed by atoms with van der Waals surface area (Å²) < 4.78 is 0. The Morgan fingerprint density at radius 1 is 1.38 bits per heavy atom. The fourth-order valence-corrected chi connectivity index (χ4v) is 3.18. The van der Waals surface area contributed by atoms with Gasteiger partial charge in [-0.25, -0.2) is 0 Å². The number of aromatic hydroxyl groups is 1. The molecular formula is C17H25ClN2O. The first-order valence-electron chi connectivity index (χ1n) is 7.70. The van der Waals surface area contributed by atoms with Crippen LogP contribution in [0, 0.1) is 0 Å². The van der Waals surface area contributed by atoms with Crippen LogP contribution in [0.25, 0.3) is 0 Å². The first kappa shape index (κ1) is 16.2. The maximum absolute atomic E-state index is 9.30. The van der Waals surface area contributed by atoms with Crippen LogP contribution < -0.4 is 5.32 Å². The van der Waals surface area contributed by atoms with Crippen molar-refractivity contribution in [1.82, 2.24) is 10.2 Å². The average Bonchev–Trinajstić information content (AvgIpc) is 3.13. The Morgan fingerprint density at radius 2 is 2.10 bits per heavy atom. The van der Waals surface area contributed by atoms with Crippen LogP contribution in [0.15, 0.2) is 31.0 Å². The van der Waals surface area contributed by atoms with Crippen LogP contribution in [-0.2, 0) is 0 Å². The monoisotopic (exact) mass is 308 g/mol. The molecule has 2 atom stereocenters. The number of rotatable bonds is 2. The van der Waals surface area contributed by atoms with E-state index >= 15 is 0 Å². The molecule has 2 aliphatic rings. The summed E-state index contributed by atoms with van der Waals surface area (Å²) in [5, 5.41) is 13.1. The Balaban J connectivity index is 0.000000194. The lowest BCUT2D eigenvalue weighted by Gasteiger charge is -2.15. The van der Waals surface area contributed by atoms with Gasteiger partial charge in [-0.1, -0.05) is 24.2 Å². The van der Waals surface area contributed by atoms with Crippen LogP contribution in [0.5, 0.6) is 5.75 Å². The van der Waals surface area contributed by atoms with E-state index in [1.165, 1.54) is 31.5 Å². The minimum Gasteiger partial charge on any atom is -0.506 e. The lowest BCUT2D eigenvalue weighted by molar-refractivity contribution is 0.469. The normalized spacial score (nSPS) is 24.6. The van der Waals surface area contributed by atoms with E-state index in [0.717, 1.165) is 13.0 Å². The van der Waals surface area contributed by atoms with Crippen molar-refractivity contribution in [3.63, 3.8) is 0 Å². The number of nitrogens with zero attached hydrogens (tertiary/aromatic N) is 1. The third-order valence-electron chi connectivity index (χ3n) is 4.32. The van der Waals surface area contributed by atoms with Crippen molar-refractivity contribution in [3.8, 4) is 5.75 Å². The summed E-state index contributed by atoms with van der Waals surface area (Å²) in [5.41, 5.74) is 1.21. The van der Waals surface area contributed by atoms with Crippen molar-refractivity contribution < 1.29 is 5.11 Å². The molecule has 116 valence electrons. The lowest BCUT2D eigenvalue weighted by Crippen LogP contribution is -2.21. The first-order valence-corrected chi connectivity index (χ1v) is 8.08. The number of phenolic OH excluding ortho intramolecular Hbond substituents is 1. The van der Waals surface area contributed by atoms with Crippen molar-refractivity contribution in [1.29, 1.82) is 0 Å². The number of hydrogen-bond donors (Lipinski definition) is 2. The molecule has 2 heterocycles. The SMILES string of the molecule is C=CN1CCCC1.CC1NCCC1c1ccc(O)c(Cl)c1. The van der Waals surface area contributed by atoms with E-state index in [-0.39, 0.29) is 5.75 Å². The number of phenols is 1. The summed E-state index contributed by atoms with van der Waals surface area (Å²) in [4.78, 5) is 2.25. The third-order valence-corrected chi connectivity index (χ3v) is 4.63. The van der Waals surface area contributed by atoms with Crippen molar-refractivity contribution in [2.75, 3.05) is 19.6 Å². The molecule has 2 unspecified atom stereocenters. The molecule has 0 bridgehead atoms. The van der Waals surface area contributed by atoms with Crippen LogP contribution in [0.4, 0.5) is 0 Å². The van der Waals surface area contributed by atoms with Crippen molar-refractivity contribution in [2.45, 2.75) is 38.1 Å². The molecule has 2 N–H and O–H groups in total. The Bertz CT molecular complexity index is 472. The molecule has 0 spiro atoms. The number of likely N-dealkylation sites (tertiary alicyclic amines) is 1. The molecule has 0 radical (unpaired) electrons. The van der Waals surface area contributed by atoms with Gasteiger partial charge in [-0.2, -0.15) is 0 Å². The molecule has 3 rings (SSSR count). The largest absolute Gasteiger partial charge is 0.506 e. The summed E-state index contributed by atoms with van der Waals surface area (Å²) in [5.74, 6) is 0.683. The zero-order valence-electron chi connectivity index (χ0n) is 12.7. The molecule has 4 heteroatoms. The summed E-state index contributed by atoms with van der Waals surface area (Å²) in [6, 6.07) is 5.99. The summed E-state index contributed by atoms with van der Waals surface area (Å²) >= 11 is 5.87. The minimum atomic E-state index is 0.161. The van der Waals surface area contributed by atoms with E-state index in [0.29, 0.717) is 17.0 Å². The van der Waals surface area contributed by atoms with Gasteiger partial charge in [0.25, 0.3) is 0 Å².